The molecule has 4 rings (SSSR count). The molecule has 1 heterocycles. The number of carbonyl (C=O) groups is 1. The lowest BCUT2D eigenvalue weighted by atomic mass is 10.1. The van der Waals surface area contributed by atoms with E-state index in [0.717, 1.165) is 16.8 Å². The van der Waals surface area contributed by atoms with Crippen LogP contribution in [0.3, 0.4) is 0 Å². The third-order valence-corrected chi connectivity index (χ3v) is 4.21. The van der Waals surface area contributed by atoms with Gasteiger partial charge in [-0.25, -0.2) is 0 Å². The molecule has 0 radical (unpaired) electrons. The Labute approximate surface area is 163 Å². The molecule has 0 aliphatic carbocycles. The van der Waals surface area contributed by atoms with Gasteiger partial charge in [-0.3, -0.25) is 14.7 Å². The predicted octanol–water partition coefficient (Wildman–Crippen LogP) is 5.34. The van der Waals surface area contributed by atoms with Gasteiger partial charge in [0, 0.05) is 23.0 Å². The topological polar surface area (TPSA) is 53.4 Å². The van der Waals surface area contributed by atoms with Gasteiger partial charge >= 0.3 is 0 Å². The number of amides is 1. The number of para-hydroxylation sites is 2. The van der Waals surface area contributed by atoms with Gasteiger partial charge in [-0.15, -0.1) is 12.4 Å². The second-order valence-corrected chi connectivity index (χ2v) is 5.85. The van der Waals surface area contributed by atoms with Crippen molar-refractivity contribution in [2.75, 3.05) is 4.90 Å². The van der Waals surface area contributed by atoms with E-state index in [1.54, 1.807) is 29.3 Å². The highest BCUT2D eigenvalue weighted by Crippen LogP contribution is 2.32. The number of phenols is 1. The summed E-state index contributed by atoms with van der Waals surface area (Å²) in [4.78, 5) is 19.1. The van der Waals surface area contributed by atoms with Crippen LogP contribution < -0.4 is 4.90 Å². The van der Waals surface area contributed by atoms with Crippen LogP contribution in [0.15, 0.2) is 91.1 Å². The quantitative estimate of drug-likeness (QED) is 0.525. The number of hydrogen-bond acceptors (Lipinski definition) is 3. The van der Waals surface area contributed by atoms with Gasteiger partial charge < -0.3 is 5.11 Å². The molecule has 1 amide bonds. The van der Waals surface area contributed by atoms with E-state index in [2.05, 4.69) is 4.98 Å². The largest absolute Gasteiger partial charge is 0.505 e. The first kappa shape index (κ1) is 18.4. The summed E-state index contributed by atoms with van der Waals surface area (Å²) in [6.45, 7) is 0. The lowest BCUT2D eigenvalue weighted by Crippen LogP contribution is -2.26. The van der Waals surface area contributed by atoms with Crippen molar-refractivity contribution < 1.29 is 9.90 Å². The molecule has 0 saturated heterocycles. The Hall–Kier alpha value is -3.37. The monoisotopic (exact) mass is 376 g/mol. The van der Waals surface area contributed by atoms with Crippen LogP contribution in [-0.2, 0) is 0 Å². The summed E-state index contributed by atoms with van der Waals surface area (Å²) >= 11 is 0. The molecule has 1 N–H and O–H groups in total. The van der Waals surface area contributed by atoms with Crippen LogP contribution >= 0.6 is 12.4 Å². The van der Waals surface area contributed by atoms with Gasteiger partial charge in [0.2, 0.25) is 0 Å². The third kappa shape index (κ3) is 3.48. The maximum absolute atomic E-state index is 13.3. The lowest BCUT2D eigenvalue weighted by molar-refractivity contribution is 0.0997. The third-order valence-electron chi connectivity index (χ3n) is 4.21. The van der Waals surface area contributed by atoms with Crippen LogP contribution in [0.4, 0.5) is 11.4 Å². The van der Waals surface area contributed by atoms with Gasteiger partial charge in [-0.05, 0) is 36.4 Å². The number of anilines is 2. The van der Waals surface area contributed by atoms with Crippen molar-refractivity contribution in [3.8, 4) is 5.75 Å². The average Bonchev–Trinajstić information content (AvgIpc) is 2.70. The molecule has 0 aliphatic rings. The van der Waals surface area contributed by atoms with Crippen LogP contribution in [0.25, 0.3) is 10.9 Å². The minimum absolute atomic E-state index is 0. The Balaban J connectivity index is 0.00000210. The molecule has 0 aliphatic heterocycles. The van der Waals surface area contributed by atoms with E-state index < -0.39 is 0 Å². The number of rotatable bonds is 3. The molecule has 27 heavy (non-hydrogen) atoms. The lowest BCUT2D eigenvalue weighted by Gasteiger charge is -2.23. The molecule has 134 valence electrons. The van der Waals surface area contributed by atoms with Crippen molar-refractivity contribution in [1.82, 2.24) is 4.98 Å². The molecule has 3 aromatic carbocycles. The first-order chi connectivity index (χ1) is 12.8. The normalized spacial score (nSPS) is 10.2. The maximum atomic E-state index is 13.3. The highest BCUT2D eigenvalue weighted by atomic mass is 35.5. The predicted molar refractivity (Wildman–Crippen MR) is 110 cm³/mol. The minimum Gasteiger partial charge on any atom is -0.505 e. The standard InChI is InChI=1S/C22H16N2O2.ClH/c25-21-19(14-13-16-8-7-15-23-20(16)21)22(26)24(17-9-3-1-4-10-17)18-11-5-2-6-12-18;/h1-15,25H;1H. The molecular formula is C22H17ClN2O2. The SMILES string of the molecule is Cl.O=C(c1ccc2cccnc2c1O)N(c1ccccc1)c1ccccc1. The van der Waals surface area contributed by atoms with E-state index in [0.29, 0.717) is 5.52 Å². The van der Waals surface area contributed by atoms with Crippen LogP contribution in [0, 0.1) is 0 Å². The fraction of sp³-hybridized carbons (Fsp3) is 0. The number of fused-ring (bicyclic) bond motifs is 1. The van der Waals surface area contributed by atoms with Crippen molar-refractivity contribution in [3.05, 3.63) is 96.7 Å². The highest BCUT2D eigenvalue weighted by Gasteiger charge is 2.23. The molecule has 1 aromatic heterocycles. The fourth-order valence-corrected chi connectivity index (χ4v) is 2.96. The number of carbonyl (C=O) groups excluding carboxylic acids is 1. The fourth-order valence-electron chi connectivity index (χ4n) is 2.96. The number of nitrogens with zero attached hydrogens (tertiary/aromatic N) is 2. The Morgan fingerprint density at radius 3 is 1.96 bits per heavy atom. The van der Waals surface area contributed by atoms with E-state index in [9.17, 15) is 9.90 Å². The summed E-state index contributed by atoms with van der Waals surface area (Å²) in [6, 6.07) is 25.8. The highest BCUT2D eigenvalue weighted by molar-refractivity contribution is 6.14. The van der Waals surface area contributed by atoms with E-state index in [1.165, 1.54) is 0 Å². The van der Waals surface area contributed by atoms with Gasteiger partial charge in [0.15, 0.2) is 5.75 Å². The van der Waals surface area contributed by atoms with Gasteiger partial charge in [-0.1, -0.05) is 48.5 Å². The molecule has 0 bridgehead atoms. The summed E-state index contributed by atoms with van der Waals surface area (Å²) in [6.07, 6.45) is 1.60. The number of hydrogen-bond donors (Lipinski definition) is 1. The van der Waals surface area contributed by atoms with Gasteiger partial charge in [-0.2, -0.15) is 0 Å². The van der Waals surface area contributed by atoms with Crippen molar-refractivity contribution in [2.45, 2.75) is 0 Å². The number of phenolic OH excluding ortho intramolecular Hbond substituents is 1. The van der Waals surface area contributed by atoms with E-state index in [-0.39, 0.29) is 29.6 Å². The molecule has 5 heteroatoms. The van der Waals surface area contributed by atoms with Crippen LogP contribution in [0.2, 0.25) is 0 Å². The summed E-state index contributed by atoms with van der Waals surface area (Å²) in [5.74, 6) is -0.419. The van der Waals surface area contributed by atoms with E-state index >= 15 is 0 Å². The summed E-state index contributed by atoms with van der Waals surface area (Å²) in [5, 5.41) is 11.4. The molecule has 0 unspecified atom stereocenters. The Kier molecular flexibility index (Phi) is 5.38. The molecule has 0 fully saturated rings. The smallest absolute Gasteiger partial charge is 0.266 e. The molecule has 0 spiro atoms. The number of halogens is 1. The molecule has 0 atom stereocenters. The van der Waals surface area contributed by atoms with Gasteiger partial charge in [0.1, 0.15) is 5.52 Å². The molecule has 4 nitrogen and oxygen atoms in total. The van der Waals surface area contributed by atoms with Crippen molar-refractivity contribution in [1.29, 1.82) is 0 Å². The Bertz CT molecular complexity index is 1030. The molecular weight excluding hydrogens is 360 g/mol. The molecule has 0 saturated carbocycles. The van der Waals surface area contributed by atoms with Crippen LogP contribution in [0.1, 0.15) is 10.4 Å². The Morgan fingerprint density at radius 2 is 1.37 bits per heavy atom. The number of benzene rings is 3. The van der Waals surface area contributed by atoms with Gasteiger partial charge in [0.05, 0.1) is 5.56 Å². The average molecular weight is 377 g/mol. The molecule has 4 aromatic rings. The summed E-state index contributed by atoms with van der Waals surface area (Å²) in [5.41, 5.74) is 2.08. The second kappa shape index (κ2) is 7.89. The second-order valence-electron chi connectivity index (χ2n) is 5.85. The first-order valence-corrected chi connectivity index (χ1v) is 8.27. The van der Waals surface area contributed by atoms with Crippen molar-refractivity contribution in [3.63, 3.8) is 0 Å². The zero-order chi connectivity index (χ0) is 17.9. The van der Waals surface area contributed by atoms with Crippen LogP contribution in [-0.4, -0.2) is 16.0 Å². The minimum atomic E-state index is -0.313. The first-order valence-electron chi connectivity index (χ1n) is 8.27. The van der Waals surface area contributed by atoms with E-state index in [4.69, 9.17) is 0 Å². The summed E-state index contributed by atoms with van der Waals surface area (Å²) in [7, 11) is 0. The number of pyridine rings is 1. The Morgan fingerprint density at radius 1 is 0.778 bits per heavy atom. The van der Waals surface area contributed by atoms with Crippen molar-refractivity contribution >= 4 is 40.6 Å². The number of aromatic hydroxyl groups is 1. The van der Waals surface area contributed by atoms with E-state index in [1.807, 2.05) is 66.7 Å². The zero-order valence-electron chi connectivity index (χ0n) is 14.3. The summed E-state index contributed by atoms with van der Waals surface area (Å²) < 4.78 is 0. The van der Waals surface area contributed by atoms with Crippen LogP contribution in [0.5, 0.6) is 5.75 Å². The zero-order valence-corrected chi connectivity index (χ0v) is 15.1. The van der Waals surface area contributed by atoms with Crippen molar-refractivity contribution in [2.24, 2.45) is 0 Å². The maximum Gasteiger partial charge on any atom is 0.266 e. The van der Waals surface area contributed by atoms with Gasteiger partial charge in [0.25, 0.3) is 5.91 Å². The number of aromatic nitrogens is 1.